The van der Waals surface area contributed by atoms with Crippen LogP contribution in [0.4, 0.5) is 8.78 Å². The number of benzene rings is 1. The minimum Gasteiger partial charge on any atom is -0.497 e. The van der Waals surface area contributed by atoms with Crippen molar-refractivity contribution < 1.29 is 23.4 Å². The summed E-state index contributed by atoms with van der Waals surface area (Å²) in [7, 11) is 1.54. The van der Waals surface area contributed by atoms with Crippen LogP contribution in [0.15, 0.2) is 24.4 Å². The van der Waals surface area contributed by atoms with Crippen LogP contribution in [0.25, 0.3) is 10.9 Å². The first-order chi connectivity index (χ1) is 17.4. The number of hydrogen-bond acceptors (Lipinski definition) is 5. The Kier molecular flexibility index (Phi) is 9.45. The van der Waals surface area contributed by atoms with E-state index >= 15 is 4.39 Å². The number of aliphatic carboxylic acids is 1. The van der Waals surface area contributed by atoms with E-state index in [1.165, 1.54) is 39.0 Å². The van der Waals surface area contributed by atoms with Crippen LogP contribution in [-0.4, -0.2) is 58.7 Å². The standard InChI is InChI=1S/C28H38F2N2O3S/c1-35-21-6-7-25-23(16-21)27(20(18-29)19-31-25)24(30)8-9-28(17-26(33)34)10-12-32(13-11-28)14-15-36-22-4-2-3-5-22/h6-7,16,19,22,24H,2-5,8-15,17-18H2,1H3,(H,33,34). The van der Waals surface area contributed by atoms with Gasteiger partial charge in [-0.15, -0.1) is 0 Å². The second-order valence-corrected chi connectivity index (χ2v) is 11.8. The summed E-state index contributed by atoms with van der Waals surface area (Å²) in [4.78, 5) is 18.5. The van der Waals surface area contributed by atoms with Gasteiger partial charge in [-0.1, -0.05) is 12.8 Å². The van der Waals surface area contributed by atoms with Crippen LogP contribution < -0.4 is 4.74 Å². The van der Waals surface area contributed by atoms with Gasteiger partial charge in [-0.05, 0) is 75.2 Å². The van der Waals surface area contributed by atoms with E-state index in [2.05, 4.69) is 21.6 Å². The number of fused-ring (bicyclic) bond motifs is 1. The number of methoxy groups -OCH3 is 1. The van der Waals surface area contributed by atoms with E-state index in [0.29, 0.717) is 28.6 Å². The number of halogens is 2. The van der Waals surface area contributed by atoms with Crippen LogP contribution in [0, 0.1) is 5.41 Å². The molecule has 2 fully saturated rings. The van der Waals surface area contributed by atoms with Gasteiger partial charge in [0.1, 0.15) is 18.6 Å². The lowest BCUT2D eigenvalue weighted by Gasteiger charge is -2.41. The predicted octanol–water partition coefficient (Wildman–Crippen LogP) is 6.74. The molecule has 1 unspecified atom stereocenters. The van der Waals surface area contributed by atoms with Gasteiger partial charge in [0, 0.05) is 40.3 Å². The van der Waals surface area contributed by atoms with Crippen molar-refractivity contribution in [1.29, 1.82) is 0 Å². The smallest absolute Gasteiger partial charge is 0.303 e. The van der Waals surface area contributed by atoms with Gasteiger partial charge in [0.15, 0.2) is 0 Å². The van der Waals surface area contributed by atoms with Crippen molar-refractivity contribution in [2.24, 2.45) is 5.41 Å². The number of rotatable bonds is 12. The van der Waals surface area contributed by atoms with E-state index in [9.17, 15) is 14.3 Å². The van der Waals surface area contributed by atoms with E-state index < -0.39 is 24.2 Å². The summed E-state index contributed by atoms with van der Waals surface area (Å²) < 4.78 is 34.9. The Labute approximate surface area is 217 Å². The fourth-order valence-corrected chi connectivity index (χ4v) is 7.27. The van der Waals surface area contributed by atoms with E-state index in [1.807, 2.05) is 0 Å². The molecule has 0 spiro atoms. The molecule has 2 aromatic rings. The Morgan fingerprint density at radius 2 is 2.06 bits per heavy atom. The summed E-state index contributed by atoms with van der Waals surface area (Å²) in [5, 5.41) is 11.0. The van der Waals surface area contributed by atoms with Gasteiger partial charge < -0.3 is 14.7 Å². The highest BCUT2D eigenvalue weighted by Gasteiger charge is 2.37. The zero-order valence-electron chi connectivity index (χ0n) is 21.2. The summed E-state index contributed by atoms with van der Waals surface area (Å²) >= 11 is 2.08. The summed E-state index contributed by atoms with van der Waals surface area (Å²) in [6.07, 6.45) is 7.55. The quantitative estimate of drug-likeness (QED) is 0.335. The van der Waals surface area contributed by atoms with Crippen molar-refractivity contribution >= 4 is 28.6 Å². The summed E-state index contributed by atoms with van der Waals surface area (Å²) in [6.45, 7) is 1.92. The number of carboxylic acids is 1. The van der Waals surface area contributed by atoms with E-state index in [4.69, 9.17) is 4.74 Å². The van der Waals surface area contributed by atoms with Crippen LogP contribution in [0.3, 0.4) is 0 Å². The third-order valence-corrected chi connectivity index (χ3v) is 9.45. The van der Waals surface area contributed by atoms with Gasteiger partial charge in [-0.2, -0.15) is 11.8 Å². The molecule has 1 saturated heterocycles. The summed E-state index contributed by atoms with van der Waals surface area (Å²) in [6, 6.07) is 5.21. The molecule has 5 nitrogen and oxygen atoms in total. The highest BCUT2D eigenvalue weighted by atomic mass is 32.2. The summed E-state index contributed by atoms with van der Waals surface area (Å²) in [5.74, 6) is 0.849. The van der Waals surface area contributed by atoms with Crippen molar-refractivity contribution in [3.05, 3.63) is 35.5 Å². The van der Waals surface area contributed by atoms with Gasteiger partial charge in [-0.25, -0.2) is 8.78 Å². The fraction of sp³-hybridized carbons (Fsp3) is 0.643. The molecule has 0 radical (unpaired) electrons. The maximum atomic E-state index is 15.8. The van der Waals surface area contributed by atoms with Crippen LogP contribution in [0.2, 0.25) is 0 Å². The van der Waals surface area contributed by atoms with Crippen LogP contribution in [0.5, 0.6) is 5.75 Å². The molecule has 1 aliphatic carbocycles. The first kappa shape index (κ1) is 27.1. The van der Waals surface area contributed by atoms with E-state index in [1.54, 1.807) is 18.2 Å². The largest absolute Gasteiger partial charge is 0.497 e. The minimum atomic E-state index is -1.40. The molecule has 1 N–H and O–H groups in total. The molecule has 1 saturated carbocycles. The zero-order chi connectivity index (χ0) is 25.5. The number of pyridine rings is 1. The van der Waals surface area contributed by atoms with Crippen LogP contribution in [0.1, 0.15) is 75.1 Å². The lowest BCUT2D eigenvalue weighted by Crippen LogP contribution is -2.42. The Hall–Kier alpha value is -1.93. The first-order valence-electron chi connectivity index (χ1n) is 13.1. The fourth-order valence-electron chi connectivity index (χ4n) is 5.90. The highest BCUT2D eigenvalue weighted by Crippen LogP contribution is 2.43. The van der Waals surface area contributed by atoms with Gasteiger partial charge in [0.2, 0.25) is 0 Å². The number of carbonyl (C=O) groups is 1. The molecule has 1 atom stereocenters. The molecular weight excluding hydrogens is 482 g/mol. The van der Waals surface area contributed by atoms with Crippen molar-refractivity contribution in [2.45, 2.75) is 75.9 Å². The number of hydrogen-bond donors (Lipinski definition) is 1. The maximum Gasteiger partial charge on any atom is 0.303 e. The average molecular weight is 521 g/mol. The topological polar surface area (TPSA) is 62.7 Å². The molecule has 2 aliphatic rings. The number of likely N-dealkylation sites (tertiary alicyclic amines) is 1. The van der Waals surface area contributed by atoms with Crippen molar-refractivity contribution in [3.8, 4) is 5.75 Å². The predicted molar refractivity (Wildman–Crippen MR) is 141 cm³/mol. The Morgan fingerprint density at radius 3 is 2.72 bits per heavy atom. The lowest BCUT2D eigenvalue weighted by atomic mass is 9.71. The molecule has 1 aromatic heterocycles. The van der Waals surface area contributed by atoms with E-state index in [-0.39, 0.29) is 18.4 Å². The molecule has 4 rings (SSSR count). The van der Waals surface area contributed by atoms with Crippen molar-refractivity contribution in [3.63, 3.8) is 0 Å². The normalized spacial score (nSPS) is 19.5. The van der Waals surface area contributed by atoms with Gasteiger partial charge in [-0.3, -0.25) is 9.78 Å². The number of alkyl halides is 2. The number of piperidine rings is 1. The van der Waals surface area contributed by atoms with Crippen molar-refractivity contribution in [2.75, 3.05) is 32.5 Å². The SMILES string of the molecule is COc1ccc2ncc(CF)c(C(F)CCC3(CC(=O)O)CCN(CCSC4CCCC4)CC3)c2c1. The molecule has 0 amide bonds. The summed E-state index contributed by atoms with van der Waals surface area (Å²) in [5.41, 5.74) is 0.717. The zero-order valence-corrected chi connectivity index (χ0v) is 22.0. The number of ether oxygens (including phenoxy) is 1. The lowest BCUT2D eigenvalue weighted by molar-refractivity contribution is -0.141. The molecule has 1 aliphatic heterocycles. The molecule has 2 heterocycles. The number of carboxylic acid groups (broad SMARTS) is 1. The molecule has 36 heavy (non-hydrogen) atoms. The van der Waals surface area contributed by atoms with E-state index in [0.717, 1.165) is 43.5 Å². The first-order valence-corrected chi connectivity index (χ1v) is 14.2. The molecular formula is C28H38F2N2O3S. The highest BCUT2D eigenvalue weighted by molar-refractivity contribution is 7.99. The van der Waals surface area contributed by atoms with Gasteiger partial charge >= 0.3 is 5.97 Å². The van der Waals surface area contributed by atoms with Gasteiger partial charge in [0.05, 0.1) is 19.0 Å². The number of aromatic nitrogens is 1. The molecule has 198 valence electrons. The Morgan fingerprint density at radius 1 is 1.31 bits per heavy atom. The number of thioether (sulfide) groups is 1. The van der Waals surface area contributed by atoms with Crippen molar-refractivity contribution in [1.82, 2.24) is 9.88 Å². The Balaban J connectivity index is 1.41. The molecule has 8 heteroatoms. The maximum absolute atomic E-state index is 15.8. The third-order valence-electron chi connectivity index (χ3n) is 8.09. The van der Waals surface area contributed by atoms with Crippen LogP contribution >= 0.6 is 11.8 Å². The molecule has 0 bridgehead atoms. The average Bonchev–Trinajstić information content (AvgIpc) is 3.40. The van der Waals surface area contributed by atoms with Gasteiger partial charge in [0.25, 0.3) is 0 Å². The third kappa shape index (κ3) is 6.68. The van der Waals surface area contributed by atoms with Crippen LogP contribution in [-0.2, 0) is 11.5 Å². The monoisotopic (exact) mass is 520 g/mol. The second kappa shape index (κ2) is 12.5. The second-order valence-electron chi connectivity index (χ2n) is 10.4. The number of nitrogens with zero attached hydrogens (tertiary/aromatic N) is 2. The minimum absolute atomic E-state index is 0.0469. The molecule has 1 aromatic carbocycles. The Bertz CT molecular complexity index is 1020.